The van der Waals surface area contributed by atoms with E-state index in [4.69, 9.17) is 4.74 Å². The molecule has 0 heterocycles. The Morgan fingerprint density at radius 3 is 2.60 bits per heavy atom. The van der Waals surface area contributed by atoms with Crippen LogP contribution in [0, 0.1) is 0 Å². The molecule has 0 unspecified atom stereocenters. The van der Waals surface area contributed by atoms with Crippen LogP contribution in [0.25, 0.3) is 0 Å². The van der Waals surface area contributed by atoms with Crippen LogP contribution in [0.5, 0.6) is 0 Å². The highest BCUT2D eigenvalue weighted by atomic mass is 16.5. The molecule has 0 bridgehead atoms. The van der Waals surface area contributed by atoms with Crippen molar-refractivity contribution in [2.24, 2.45) is 4.99 Å². The average Bonchev–Trinajstić information content (AvgIpc) is 2.19. The van der Waals surface area contributed by atoms with E-state index in [0.717, 1.165) is 11.4 Å². The van der Waals surface area contributed by atoms with Crippen LogP contribution >= 0.6 is 0 Å². The molecule has 0 aliphatic rings. The Kier molecular flexibility index (Phi) is 4.54. The van der Waals surface area contributed by atoms with E-state index in [9.17, 15) is 4.79 Å². The first kappa shape index (κ1) is 11.4. The molecule has 0 amide bonds. The highest BCUT2D eigenvalue weighted by Gasteiger charge is 2.03. The first-order valence-electron chi connectivity index (χ1n) is 4.97. The Balaban J connectivity index is 2.57. The van der Waals surface area contributed by atoms with Gasteiger partial charge in [0.05, 0.1) is 18.7 Å². The first-order chi connectivity index (χ1) is 7.22. The maximum absolute atomic E-state index is 11.1. The van der Waals surface area contributed by atoms with E-state index in [0.29, 0.717) is 6.61 Å². The zero-order valence-electron chi connectivity index (χ0n) is 9.06. The molecule has 0 N–H and O–H groups in total. The fourth-order valence-corrected chi connectivity index (χ4v) is 1.18. The number of aliphatic imine (C=N–C) groups is 1. The number of hydrogen-bond donors (Lipinski definition) is 0. The summed E-state index contributed by atoms with van der Waals surface area (Å²) in [7, 11) is 0. The molecule has 0 spiro atoms. The van der Waals surface area contributed by atoms with E-state index >= 15 is 0 Å². The van der Waals surface area contributed by atoms with Gasteiger partial charge in [-0.1, -0.05) is 18.2 Å². The van der Waals surface area contributed by atoms with Crippen molar-refractivity contribution in [3.05, 3.63) is 30.3 Å². The predicted molar refractivity (Wildman–Crippen MR) is 60.5 cm³/mol. The van der Waals surface area contributed by atoms with Crippen LogP contribution in [0.3, 0.4) is 0 Å². The molecular formula is C12H15NO2. The lowest BCUT2D eigenvalue weighted by molar-refractivity contribution is -0.141. The molecule has 0 fully saturated rings. The molecule has 0 radical (unpaired) electrons. The standard InChI is InChI=1S/C12H15NO2/c1-3-15-12(14)9-10(2)13-11-7-5-4-6-8-11/h4-8H,3,9H2,1-2H3/b13-10-. The Morgan fingerprint density at radius 1 is 1.33 bits per heavy atom. The second-order valence-electron chi connectivity index (χ2n) is 3.16. The van der Waals surface area contributed by atoms with Gasteiger partial charge in [0.2, 0.25) is 0 Å². The van der Waals surface area contributed by atoms with Crippen molar-refractivity contribution in [2.45, 2.75) is 20.3 Å². The van der Waals surface area contributed by atoms with E-state index in [1.54, 1.807) is 6.92 Å². The number of hydrogen-bond acceptors (Lipinski definition) is 3. The summed E-state index contributed by atoms with van der Waals surface area (Å²) in [6, 6.07) is 9.55. The number of esters is 1. The van der Waals surface area contributed by atoms with E-state index in [1.165, 1.54) is 0 Å². The van der Waals surface area contributed by atoms with Gasteiger partial charge in [0.15, 0.2) is 0 Å². The van der Waals surface area contributed by atoms with Gasteiger partial charge in [-0.25, -0.2) is 0 Å². The molecule has 0 aliphatic heterocycles. The molecular weight excluding hydrogens is 190 g/mol. The van der Waals surface area contributed by atoms with Crippen LogP contribution in [0.15, 0.2) is 35.3 Å². The maximum atomic E-state index is 11.1. The highest BCUT2D eigenvalue weighted by Crippen LogP contribution is 2.10. The topological polar surface area (TPSA) is 38.7 Å². The Morgan fingerprint density at radius 2 is 2.00 bits per heavy atom. The number of ether oxygens (including phenoxy) is 1. The molecule has 3 nitrogen and oxygen atoms in total. The van der Waals surface area contributed by atoms with Gasteiger partial charge in [0, 0.05) is 5.71 Å². The first-order valence-corrected chi connectivity index (χ1v) is 4.97. The molecule has 0 aromatic heterocycles. The van der Waals surface area contributed by atoms with Crippen LogP contribution in [-0.2, 0) is 9.53 Å². The predicted octanol–water partition coefficient (Wildman–Crippen LogP) is 2.73. The van der Waals surface area contributed by atoms with Gasteiger partial charge in [-0.2, -0.15) is 0 Å². The van der Waals surface area contributed by atoms with Crippen molar-refractivity contribution in [2.75, 3.05) is 6.61 Å². The van der Waals surface area contributed by atoms with Crippen molar-refractivity contribution in [1.82, 2.24) is 0 Å². The maximum Gasteiger partial charge on any atom is 0.311 e. The van der Waals surface area contributed by atoms with Gasteiger partial charge in [0.25, 0.3) is 0 Å². The Bertz CT molecular complexity index is 344. The van der Waals surface area contributed by atoms with Crippen molar-refractivity contribution in [1.29, 1.82) is 0 Å². The second-order valence-corrected chi connectivity index (χ2v) is 3.16. The summed E-state index contributed by atoms with van der Waals surface area (Å²) >= 11 is 0. The summed E-state index contributed by atoms with van der Waals surface area (Å²) in [5, 5.41) is 0. The normalized spacial score (nSPS) is 11.2. The fraction of sp³-hybridized carbons (Fsp3) is 0.333. The number of carbonyl (C=O) groups excluding carboxylic acids is 1. The van der Waals surface area contributed by atoms with Crippen molar-refractivity contribution in [3.8, 4) is 0 Å². The third kappa shape index (κ3) is 4.40. The minimum Gasteiger partial charge on any atom is -0.466 e. The molecule has 3 heteroatoms. The third-order valence-electron chi connectivity index (χ3n) is 1.78. The molecule has 15 heavy (non-hydrogen) atoms. The number of rotatable bonds is 4. The monoisotopic (exact) mass is 205 g/mol. The minimum atomic E-state index is -0.227. The van der Waals surface area contributed by atoms with E-state index in [1.807, 2.05) is 37.3 Å². The zero-order valence-corrected chi connectivity index (χ0v) is 9.06. The van der Waals surface area contributed by atoms with Crippen molar-refractivity contribution >= 4 is 17.4 Å². The fourth-order valence-electron chi connectivity index (χ4n) is 1.18. The third-order valence-corrected chi connectivity index (χ3v) is 1.78. The largest absolute Gasteiger partial charge is 0.466 e. The summed E-state index contributed by atoms with van der Waals surface area (Å²) < 4.78 is 4.83. The van der Waals surface area contributed by atoms with Crippen LogP contribution in [0.2, 0.25) is 0 Å². The summed E-state index contributed by atoms with van der Waals surface area (Å²) in [5.74, 6) is -0.227. The zero-order chi connectivity index (χ0) is 11.1. The smallest absolute Gasteiger partial charge is 0.311 e. The van der Waals surface area contributed by atoms with Crippen LogP contribution in [-0.4, -0.2) is 18.3 Å². The molecule has 80 valence electrons. The average molecular weight is 205 g/mol. The Labute approximate surface area is 89.8 Å². The quantitative estimate of drug-likeness (QED) is 0.560. The van der Waals surface area contributed by atoms with E-state index < -0.39 is 0 Å². The van der Waals surface area contributed by atoms with Crippen molar-refractivity contribution in [3.63, 3.8) is 0 Å². The van der Waals surface area contributed by atoms with Gasteiger partial charge in [-0.3, -0.25) is 9.79 Å². The summed E-state index contributed by atoms with van der Waals surface area (Å²) in [6.07, 6.45) is 0.253. The van der Waals surface area contributed by atoms with Gasteiger partial charge >= 0.3 is 5.97 Å². The number of benzene rings is 1. The van der Waals surface area contributed by atoms with Gasteiger partial charge in [-0.15, -0.1) is 0 Å². The summed E-state index contributed by atoms with van der Waals surface area (Å²) in [5.41, 5.74) is 1.62. The molecule has 0 saturated carbocycles. The second kappa shape index (κ2) is 5.96. The van der Waals surface area contributed by atoms with E-state index in [-0.39, 0.29) is 12.4 Å². The molecule has 0 atom stereocenters. The van der Waals surface area contributed by atoms with Gasteiger partial charge in [0.1, 0.15) is 0 Å². The van der Waals surface area contributed by atoms with Crippen LogP contribution < -0.4 is 0 Å². The van der Waals surface area contributed by atoms with Crippen LogP contribution in [0.1, 0.15) is 20.3 Å². The van der Waals surface area contributed by atoms with Crippen molar-refractivity contribution < 1.29 is 9.53 Å². The molecule has 1 aromatic rings. The number of para-hydroxylation sites is 1. The lowest BCUT2D eigenvalue weighted by atomic mass is 10.3. The van der Waals surface area contributed by atoms with Gasteiger partial charge in [-0.05, 0) is 26.0 Å². The lowest BCUT2D eigenvalue weighted by Crippen LogP contribution is -2.08. The lowest BCUT2D eigenvalue weighted by Gasteiger charge is -2.01. The molecule has 1 rings (SSSR count). The molecule has 1 aromatic carbocycles. The minimum absolute atomic E-state index is 0.227. The van der Waals surface area contributed by atoms with Crippen LogP contribution in [0.4, 0.5) is 5.69 Å². The SMILES string of the molecule is CCOC(=O)C/C(C)=N\c1ccccc1. The Hall–Kier alpha value is -1.64. The van der Waals surface area contributed by atoms with E-state index in [2.05, 4.69) is 4.99 Å². The van der Waals surface area contributed by atoms with Gasteiger partial charge < -0.3 is 4.74 Å². The summed E-state index contributed by atoms with van der Waals surface area (Å²) in [4.78, 5) is 15.4. The molecule has 0 saturated heterocycles. The molecule has 0 aliphatic carbocycles. The number of nitrogens with zero attached hydrogens (tertiary/aromatic N) is 1. The highest BCUT2D eigenvalue weighted by molar-refractivity contribution is 5.98. The summed E-state index contributed by atoms with van der Waals surface area (Å²) in [6.45, 7) is 4.03. The number of carbonyl (C=O) groups is 1.